The van der Waals surface area contributed by atoms with Crippen LogP contribution in [0.5, 0.6) is 0 Å². The molecule has 4 N–H and O–H groups in total. The van der Waals surface area contributed by atoms with Gasteiger partial charge >= 0.3 is 4.87 Å². The zero-order chi connectivity index (χ0) is 12.1. The molecule has 7 heteroatoms. The first kappa shape index (κ1) is 16.1. The number of carbonyl (C=O) groups excluding carboxylic acids is 1. The van der Waals surface area contributed by atoms with Crippen molar-refractivity contribution in [2.75, 3.05) is 0 Å². The maximum Gasteiger partial charge on any atom is 0.304 e. The number of hydrogen-bond donors (Lipinski definition) is 3. The van der Waals surface area contributed by atoms with Gasteiger partial charge in [0.2, 0.25) is 5.91 Å². The second-order valence-electron chi connectivity index (χ2n) is 3.80. The van der Waals surface area contributed by atoms with Crippen LogP contribution in [0, 0.1) is 5.92 Å². The fourth-order valence-corrected chi connectivity index (χ4v) is 1.79. The van der Waals surface area contributed by atoms with Crippen LogP contribution >= 0.6 is 23.7 Å². The Hall–Kier alpha value is -0.850. The van der Waals surface area contributed by atoms with Gasteiger partial charge in [-0.1, -0.05) is 31.6 Å². The Balaban J connectivity index is 0.00000256. The minimum absolute atomic E-state index is 0. The second-order valence-corrected chi connectivity index (χ2v) is 4.64. The molecule has 0 aliphatic rings. The van der Waals surface area contributed by atoms with Crippen molar-refractivity contribution in [3.05, 3.63) is 20.7 Å². The predicted octanol–water partition coefficient (Wildman–Crippen LogP) is 0.848. The zero-order valence-corrected chi connectivity index (χ0v) is 11.5. The molecule has 2 atom stereocenters. The van der Waals surface area contributed by atoms with Crippen molar-refractivity contribution >= 4 is 29.7 Å². The number of hydrogen-bond acceptors (Lipinski definition) is 4. The molecule has 0 saturated heterocycles. The monoisotopic (exact) mass is 279 g/mol. The normalized spacial score (nSPS) is 13.6. The molecule has 5 nitrogen and oxygen atoms in total. The van der Waals surface area contributed by atoms with E-state index in [-0.39, 0.29) is 29.1 Å². The highest BCUT2D eigenvalue weighted by Gasteiger charge is 2.18. The summed E-state index contributed by atoms with van der Waals surface area (Å²) >= 11 is 1.08. The van der Waals surface area contributed by atoms with E-state index in [1.165, 1.54) is 0 Å². The molecule has 0 aliphatic carbocycles. The molecule has 1 rings (SSSR count). The van der Waals surface area contributed by atoms with Crippen LogP contribution in [0.25, 0.3) is 0 Å². The van der Waals surface area contributed by atoms with Crippen molar-refractivity contribution in [3.63, 3.8) is 0 Å². The number of rotatable bonds is 5. The highest BCUT2D eigenvalue weighted by Crippen LogP contribution is 2.05. The number of nitrogens with one attached hydrogen (secondary N) is 2. The predicted molar refractivity (Wildman–Crippen MR) is 71.5 cm³/mol. The molecule has 0 bridgehead atoms. The van der Waals surface area contributed by atoms with Crippen LogP contribution in [0.15, 0.2) is 10.2 Å². The van der Waals surface area contributed by atoms with E-state index < -0.39 is 6.04 Å². The van der Waals surface area contributed by atoms with E-state index in [1.807, 2.05) is 13.8 Å². The highest BCUT2D eigenvalue weighted by atomic mass is 35.5. The van der Waals surface area contributed by atoms with E-state index in [0.717, 1.165) is 17.8 Å². The van der Waals surface area contributed by atoms with Crippen molar-refractivity contribution in [3.8, 4) is 0 Å². The van der Waals surface area contributed by atoms with Gasteiger partial charge in [-0.3, -0.25) is 9.59 Å². The summed E-state index contributed by atoms with van der Waals surface area (Å²) in [6.07, 6.45) is 0.865. The Bertz CT molecular complexity index is 404. The fourth-order valence-electron chi connectivity index (χ4n) is 1.21. The van der Waals surface area contributed by atoms with Gasteiger partial charge in [0.25, 0.3) is 0 Å². The Morgan fingerprint density at radius 3 is 2.76 bits per heavy atom. The quantitative estimate of drug-likeness (QED) is 0.747. The first-order chi connectivity index (χ1) is 7.54. The van der Waals surface area contributed by atoms with Crippen LogP contribution in [0.4, 0.5) is 0 Å². The first-order valence-corrected chi connectivity index (χ1v) is 6.12. The summed E-state index contributed by atoms with van der Waals surface area (Å²) in [6.45, 7) is 4.26. The van der Waals surface area contributed by atoms with Crippen molar-refractivity contribution in [1.29, 1.82) is 0 Å². The fraction of sp³-hybridized carbons (Fsp3) is 0.600. The molecular weight excluding hydrogens is 262 g/mol. The van der Waals surface area contributed by atoms with Gasteiger partial charge in [-0.15, -0.1) is 12.4 Å². The SMILES string of the molecule is CCC(C)C(N)C(=O)NCc1csc(=O)[nH]1.Cl. The van der Waals surface area contributed by atoms with E-state index in [4.69, 9.17) is 5.73 Å². The summed E-state index contributed by atoms with van der Waals surface area (Å²) in [5.74, 6) is -0.0251. The average Bonchev–Trinajstić information content (AvgIpc) is 2.69. The minimum atomic E-state index is -0.490. The third-order valence-electron chi connectivity index (χ3n) is 2.58. The van der Waals surface area contributed by atoms with Crippen LogP contribution in [-0.4, -0.2) is 16.9 Å². The number of carbonyl (C=O) groups is 1. The molecule has 0 aliphatic heterocycles. The minimum Gasteiger partial charge on any atom is -0.349 e. The molecule has 1 aromatic rings. The van der Waals surface area contributed by atoms with Gasteiger partial charge in [-0.25, -0.2) is 0 Å². The van der Waals surface area contributed by atoms with Gasteiger partial charge in [0, 0.05) is 11.1 Å². The molecule has 17 heavy (non-hydrogen) atoms. The molecule has 1 amide bonds. The Labute approximate surface area is 110 Å². The van der Waals surface area contributed by atoms with Gasteiger partial charge in [-0.2, -0.15) is 0 Å². The maximum absolute atomic E-state index is 11.6. The third-order valence-corrected chi connectivity index (χ3v) is 3.30. The number of aromatic nitrogens is 1. The molecular formula is C10H18ClN3O2S. The van der Waals surface area contributed by atoms with E-state index >= 15 is 0 Å². The number of H-pyrrole nitrogens is 1. The molecule has 1 aromatic heterocycles. The Morgan fingerprint density at radius 1 is 1.65 bits per heavy atom. The van der Waals surface area contributed by atoms with Crippen molar-refractivity contribution in [2.45, 2.75) is 32.9 Å². The molecule has 0 aromatic carbocycles. The van der Waals surface area contributed by atoms with Crippen LogP contribution in [0.3, 0.4) is 0 Å². The maximum atomic E-state index is 11.6. The molecule has 0 radical (unpaired) electrons. The summed E-state index contributed by atoms with van der Waals surface area (Å²) in [5.41, 5.74) is 6.47. The summed E-state index contributed by atoms with van der Waals surface area (Å²) in [6, 6.07) is -0.490. The average molecular weight is 280 g/mol. The smallest absolute Gasteiger partial charge is 0.304 e. The number of halogens is 1. The third kappa shape index (κ3) is 4.89. The van der Waals surface area contributed by atoms with E-state index in [1.54, 1.807) is 5.38 Å². The van der Waals surface area contributed by atoms with Crippen LogP contribution in [-0.2, 0) is 11.3 Å². The molecule has 2 unspecified atom stereocenters. The van der Waals surface area contributed by atoms with Gasteiger partial charge in [-0.05, 0) is 5.92 Å². The lowest BCUT2D eigenvalue weighted by Crippen LogP contribution is -2.44. The largest absolute Gasteiger partial charge is 0.349 e. The van der Waals surface area contributed by atoms with E-state index in [0.29, 0.717) is 12.2 Å². The van der Waals surface area contributed by atoms with Crippen LogP contribution in [0.1, 0.15) is 26.0 Å². The number of aromatic amines is 1. The summed E-state index contributed by atoms with van der Waals surface area (Å²) in [7, 11) is 0. The summed E-state index contributed by atoms with van der Waals surface area (Å²) in [5, 5.41) is 4.39. The Morgan fingerprint density at radius 2 is 2.29 bits per heavy atom. The first-order valence-electron chi connectivity index (χ1n) is 5.24. The molecule has 0 saturated carbocycles. The van der Waals surface area contributed by atoms with Gasteiger partial charge in [0.15, 0.2) is 0 Å². The van der Waals surface area contributed by atoms with Gasteiger partial charge in [0.05, 0.1) is 12.6 Å². The van der Waals surface area contributed by atoms with Gasteiger partial charge in [0.1, 0.15) is 0 Å². The summed E-state index contributed by atoms with van der Waals surface area (Å²) < 4.78 is 0. The lowest BCUT2D eigenvalue weighted by atomic mass is 9.99. The molecule has 1 heterocycles. The van der Waals surface area contributed by atoms with Gasteiger partial charge < -0.3 is 16.0 Å². The molecule has 98 valence electrons. The van der Waals surface area contributed by atoms with Crippen LogP contribution in [0.2, 0.25) is 0 Å². The number of nitrogens with two attached hydrogens (primary N) is 1. The standard InChI is InChI=1S/C10H17N3O2S.ClH/c1-3-6(2)8(11)9(14)12-4-7-5-16-10(15)13-7;/h5-6,8H,3-4,11H2,1-2H3,(H,12,14)(H,13,15);1H. The number of amides is 1. The van der Waals surface area contributed by atoms with Crippen molar-refractivity contribution in [1.82, 2.24) is 10.3 Å². The topological polar surface area (TPSA) is 88.0 Å². The number of thiazole rings is 1. The van der Waals surface area contributed by atoms with Crippen molar-refractivity contribution in [2.24, 2.45) is 11.7 Å². The highest BCUT2D eigenvalue weighted by molar-refractivity contribution is 7.07. The summed E-state index contributed by atoms with van der Waals surface area (Å²) in [4.78, 5) is 25.0. The van der Waals surface area contributed by atoms with Crippen LogP contribution < -0.4 is 15.9 Å². The molecule has 0 spiro atoms. The lowest BCUT2D eigenvalue weighted by Gasteiger charge is -2.17. The molecule has 0 fully saturated rings. The van der Waals surface area contributed by atoms with E-state index in [9.17, 15) is 9.59 Å². The lowest BCUT2D eigenvalue weighted by molar-refractivity contribution is -0.123. The second kappa shape index (κ2) is 7.47. The van der Waals surface area contributed by atoms with Crippen molar-refractivity contribution < 1.29 is 4.79 Å². The zero-order valence-electron chi connectivity index (χ0n) is 9.86. The van der Waals surface area contributed by atoms with E-state index in [2.05, 4.69) is 10.3 Å². The Kier molecular flexibility index (Phi) is 7.10.